The summed E-state index contributed by atoms with van der Waals surface area (Å²) < 4.78 is 27.1. The number of halogens is 2. The number of terminal acetylenes is 1. The van der Waals surface area contributed by atoms with Gasteiger partial charge in [0.15, 0.2) is 23.0 Å². The molecule has 6 heteroatoms. The second kappa shape index (κ2) is 16.4. The molecule has 0 aromatic heterocycles. The van der Waals surface area contributed by atoms with Crippen molar-refractivity contribution in [3.05, 3.63) is 48.1 Å². The molecule has 188 valence electrons. The molecule has 0 amide bonds. The van der Waals surface area contributed by atoms with E-state index < -0.39 is 11.5 Å². The van der Waals surface area contributed by atoms with Crippen LogP contribution in [0.4, 0.5) is 4.39 Å². The molecule has 0 aliphatic heterocycles. The van der Waals surface area contributed by atoms with Gasteiger partial charge in [0.2, 0.25) is 0 Å². The van der Waals surface area contributed by atoms with E-state index in [-0.39, 0.29) is 18.8 Å². The number of ketones is 1. The number of ether oxygens (including phenoxy) is 2. The van der Waals surface area contributed by atoms with Crippen LogP contribution >= 0.6 is 11.6 Å². The van der Waals surface area contributed by atoms with E-state index in [0.717, 1.165) is 24.9 Å². The van der Waals surface area contributed by atoms with Gasteiger partial charge in [-0.15, -0.1) is 24.6 Å². The Bertz CT molecular complexity index is 849. The molecular weight excluding hydrogens is 453 g/mol. The number of hydrogen-bond donors (Lipinski definition) is 1. The standard InChI is InChI=1S/C25H34FNO3.C3H5Cl/c1-5-9-10-14-27-15-12-19(6-2)18-25(26)13-11-20-16-22(29-7-3)23(30-8-4)17-21(20)24(25)28;1-2-3-4/h1,9-10,16-17,19,27H,6-8,11-15,18H2,2-4H3;2H,1,3H2/b10-9+;. The summed E-state index contributed by atoms with van der Waals surface area (Å²) in [5, 5.41) is 3.28. The summed E-state index contributed by atoms with van der Waals surface area (Å²) in [4.78, 5) is 13.1. The van der Waals surface area contributed by atoms with Crippen molar-refractivity contribution in [1.29, 1.82) is 0 Å². The molecule has 2 unspecified atom stereocenters. The van der Waals surface area contributed by atoms with Crippen molar-refractivity contribution in [2.24, 2.45) is 5.92 Å². The Morgan fingerprint density at radius 1 is 1.29 bits per heavy atom. The fourth-order valence-electron chi connectivity index (χ4n) is 3.97. The molecule has 0 fully saturated rings. The van der Waals surface area contributed by atoms with Gasteiger partial charge in [0, 0.05) is 18.0 Å². The zero-order chi connectivity index (χ0) is 25.4. The Labute approximate surface area is 209 Å². The minimum Gasteiger partial charge on any atom is -0.490 e. The maximum Gasteiger partial charge on any atom is 0.200 e. The van der Waals surface area contributed by atoms with E-state index in [1.54, 1.807) is 18.2 Å². The molecule has 0 saturated carbocycles. The van der Waals surface area contributed by atoms with Crippen LogP contribution in [0.25, 0.3) is 0 Å². The molecule has 1 aliphatic rings. The van der Waals surface area contributed by atoms with Crippen molar-refractivity contribution in [1.82, 2.24) is 5.32 Å². The zero-order valence-corrected chi connectivity index (χ0v) is 21.6. The Kier molecular flexibility index (Phi) is 14.3. The quantitative estimate of drug-likeness (QED) is 0.152. The van der Waals surface area contributed by atoms with Crippen LogP contribution in [0.5, 0.6) is 11.5 Å². The molecule has 1 aromatic rings. The van der Waals surface area contributed by atoms with E-state index in [9.17, 15) is 4.79 Å². The van der Waals surface area contributed by atoms with Crippen LogP contribution in [0.3, 0.4) is 0 Å². The number of Topliss-reactive ketones (excluding diaryl/α,β-unsaturated/α-hetero) is 1. The summed E-state index contributed by atoms with van der Waals surface area (Å²) in [6.07, 6.45) is 13.0. The fourth-order valence-corrected chi connectivity index (χ4v) is 3.97. The summed E-state index contributed by atoms with van der Waals surface area (Å²) in [5.41, 5.74) is -0.550. The highest BCUT2D eigenvalue weighted by atomic mass is 35.5. The SMILES string of the molecule is C#C/C=C/CNCCC(CC)CC1(F)CCc2cc(OCC)c(OCC)cc2C1=O.C=CCCl. The third-order valence-corrected chi connectivity index (χ3v) is 5.93. The smallest absolute Gasteiger partial charge is 0.200 e. The van der Waals surface area contributed by atoms with E-state index in [1.807, 2.05) is 26.0 Å². The van der Waals surface area contributed by atoms with Gasteiger partial charge in [0.1, 0.15) is 0 Å². The molecule has 0 heterocycles. The molecule has 1 aliphatic carbocycles. The van der Waals surface area contributed by atoms with Gasteiger partial charge in [0.05, 0.1) is 13.2 Å². The third-order valence-electron chi connectivity index (χ3n) is 5.72. The Hall–Kier alpha value is -2.29. The van der Waals surface area contributed by atoms with E-state index in [4.69, 9.17) is 27.5 Å². The second-order valence-electron chi connectivity index (χ2n) is 8.10. The molecule has 1 N–H and O–H groups in total. The average Bonchev–Trinajstić information content (AvgIpc) is 2.84. The van der Waals surface area contributed by atoms with Crippen molar-refractivity contribution in [2.45, 2.75) is 58.5 Å². The van der Waals surface area contributed by atoms with E-state index in [2.05, 4.69) is 24.7 Å². The predicted molar refractivity (Wildman–Crippen MR) is 140 cm³/mol. The number of nitrogens with one attached hydrogen (secondary N) is 1. The number of fused-ring (bicyclic) bond motifs is 1. The summed E-state index contributed by atoms with van der Waals surface area (Å²) in [6.45, 7) is 11.6. The topological polar surface area (TPSA) is 47.6 Å². The average molecular weight is 492 g/mol. The van der Waals surface area contributed by atoms with E-state index in [0.29, 0.717) is 49.1 Å². The highest BCUT2D eigenvalue weighted by Gasteiger charge is 2.44. The van der Waals surface area contributed by atoms with Crippen molar-refractivity contribution in [2.75, 3.05) is 32.2 Å². The van der Waals surface area contributed by atoms with Crippen LogP contribution in [-0.4, -0.2) is 43.6 Å². The lowest BCUT2D eigenvalue weighted by Gasteiger charge is -2.33. The number of aryl methyl sites for hydroxylation is 1. The number of alkyl halides is 2. The van der Waals surface area contributed by atoms with Gasteiger partial charge < -0.3 is 14.8 Å². The number of hydrogen-bond acceptors (Lipinski definition) is 4. The van der Waals surface area contributed by atoms with Crippen LogP contribution in [0, 0.1) is 18.3 Å². The van der Waals surface area contributed by atoms with Crippen LogP contribution in [0.1, 0.15) is 62.4 Å². The molecule has 0 radical (unpaired) electrons. The first-order valence-corrected chi connectivity index (χ1v) is 12.6. The number of carbonyl (C=O) groups is 1. The van der Waals surface area contributed by atoms with Gasteiger partial charge >= 0.3 is 0 Å². The van der Waals surface area contributed by atoms with Gasteiger partial charge in [-0.1, -0.05) is 31.4 Å². The van der Waals surface area contributed by atoms with E-state index in [1.165, 1.54) is 0 Å². The molecule has 4 nitrogen and oxygen atoms in total. The van der Waals surface area contributed by atoms with Gasteiger partial charge in [-0.25, -0.2) is 4.39 Å². The number of carbonyl (C=O) groups excluding carboxylic acids is 1. The van der Waals surface area contributed by atoms with Crippen molar-refractivity contribution in [3.63, 3.8) is 0 Å². The highest BCUT2D eigenvalue weighted by Crippen LogP contribution is 2.41. The Morgan fingerprint density at radius 2 is 1.94 bits per heavy atom. The molecule has 2 rings (SSSR count). The van der Waals surface area contributed by atoms with Crippen molar-refractivity contribution < 1.29 is 18.7 Å². The summed E-state index contributed by atoms with van der Waals surface area (Å²) in [6, 6.07) is 3.51. The lowest BCUT2D eigenvalue weighted by Crippen LogP contribution is -2.40. The minimum absolute atomic E-state index is 0.138. The first-order valence-electron chi connectivity index (χ1n) is 12.0. The number of allylic oxidation sites excluding steroid dienone is 2. The zero-order valence-electron chi connectivity index (χ0n) is 20.8. The normalized spacial score (nSPS) is 17.8. The van der Waals surface area contributed by atoms with Crippen molar-refractivity contribution >= 4 is 17.4 Å². The molecule has 0 bridgehead atoms. The highest BCUT2D eigenvalue weighted by molar-refractivity contribution is 6.18. The summed E-state index contributed by atoms with van der Waals surface area (Å²) >= 11 is 5.07. The fraction of sp³-hybridized carbons (Fsp3) is 0.536. The molecule has 0 saturated heterocycles. The van der Waals surface area contributed by atoms with E-state index >= 15 is 4.39 Å². The number of benzene rings is 1. The number of rotatable bonds is 13. The summed E-state index contributed by atoms with van der Waals surface area (Å²) in [5.74, 6) is 3.85. The van der Waals surface area contributed by atoms with Crippen LogP contribution in [0.2, 0.25) is 0 Å². The molecule has 2 atom stereocenters. The first kappa shape index (κ1) is 29.7. The predicted octanol–water partition coefficient (Wildman–Crippen LogP) is 6.32. The van der Waals surface area contributed by atoms with Crippen LogP contribution in [-0.2, 0) is 6.42 Å². The summed E-state index contributed by atoms with van der Waals surface area (Å²) in [7, 11) is 0. The molecular formula is C28H39ClFNO3. The van der Waals surface area contributed by atoms with Crippen molar-refractivity contribution in [3.8, 4) is 23.8 Å². The van der Waals surface area contributed by atoms with Gasteiger partial charge in [-0.05, 0) is 75.8 Å². The molecule has 0 spiro atoms. The minimum atomic E-state index is -1.83. The Morgan fingerprint density at radius 3 is 2.50 bits per heavy atom. The lowest BCUT2D eigenvalue weighted by molar-refractivity contribution is 0.0546. The van der Waals surface area contributed by atoms with Gasteiger partial charge in [-0.2, -0.15) is 0 Å². The van der Waals surface area contributed by atoms with Gasteiger partial charge in [0.25, 0.3) is 0 Å². The molecule has 1 aromatic carbocycles. The lowest BCUT2D eigenvalue weighted by atomic mass is 9.75. The van der Waals surface area contributed by atoms with Crippen LogP contribution < -0.4 is 14.8 Å². The Balaban J connectivity index is 0.00000133. The largest absolute Gasteiger partial charge is 0.490 e. The maximum absolute atomic E-state index is 15.8. The first-order chi connectivity index (χ1) is 16.4. The molecule has 34 heavy (non-hydrogen) atoms. The second-order valence-corrected chi connectivity index (χ2v) is 8.41. The maximum atomic E-state index is 15.8. The third kappa shape index (κ3) is 9.16. The van der Waals surface area contributed by atoms with Crippen LogP contribution in [0.15, 0.2) is 36.9 Å². The van der Waals surface area contributed by atoms with Gasteiger partial charge in [-0.3, -0.25) is 4.79 Å². The monoisotopic (exact) mass is 491 g/mol.